The van der Waals surface area contributed by atoms with Gasteiger partial charge in [0.1, 0.15) is 0 Å². The maximum absolute atomic E-state index is 12.4. The Kier molecular flexibility index (Phi) is 7.40. The van der Waals surface area contributed by atoms with Crippen LogP contribution in [0.2, 0.25) is 0 Å². The fraction of sp³-hybridized carbons (Fsp3) is 0.250. The molecule has 0 aromatic heterocycles. The van der Waals surface area contributed by atoms with Gasteiger partial charge in [0.15, 0.2) is 0 Å². The molecule has 29 heavy (non-hydrogen) atoms. The van der Waals surface area contributed by atoms with Crippen LogP contribution in [-0.4, -0.2) is 13.7 Å². The monoisotopic (exact) mass is 425 g/mol. The van der Waals surface area contributed by atoms with Crippen LogP contribution in [-0.2, 0) is 28.6 Å². The first-order valence-corrected chi connectivity index (χ1v) is 12.3. The Balaban J connectivity index is 1.54. The zero-order valence-corrected chi connectivity index (χ0v) is 18.5. The van der Waals surface area contributed by atoms with E-state index in [1.807, 2.05) is 36.0 Å². The van der Waals surface area contributed by atoms with E-state index in [4.69, 9.17) is 0 Å². The van der Waals surface area contributed by atoms with Crippen LogP contribution in [0.5, 0.6) is 0 Å². The summed E-state index contributed by atoms with van der Waals surface area (Å²) in [5.74, 6) is 1.05. The Hall–Kier alpha value is -2.24. The standard InChI is InChI=1S/C24H27NO2S2/c1-19(2)28-18-22-12-10-20(11-13-22)8-9-21-14-16-23(17-15-21)25-29(26,27)24-6-4-3-5-7-24/h3-7,10-17,19,25H,8-9,18H2,1-2H3. The van der Waals surface area contributed by atoms with Gasteiger partial charge in [-0.1, -0.05) is 68.4 Å². The van der Waals surface area contributed by atoms with Crippen LogP contribution in [0.3, 0.4) is 0 Å². The van der Waals surface area contributed by atoms with Crippen molar-refractivity contribution in [3.05, 3.63) is 95.6 Å². The lowest BCUT2D eigenvalue weighted by Crippen LogP contribution is -2.12. The number of hydrogen-bond donors (Lipinski definition) is 1. The van der Waals surface area contributed by atoms with Gasteiger partial charge in [0, 0.05) is 11.4 Å². The van der Waals surface area contributed by atoms with Crippen molar-refractivity contribution in [2.24, 2.45) is 0 Å². The lowest BCUT2D eigenvalue weighted by Gasteiger charge is -2.09. The minimum absolute atomic E-state index is 0.263. The van der Waals surface area contributed by atoms with Crippen molar-refractivity contribution in [2.45, 2.75) is 42.6 Å². The van der Waals surface area contributed by atoms with E-state index in [9.17, 15) is 8.42 Å². The molecule has 0 aliphatic carbocycles. The number of hydrogen-bond acceptors (Lipinski definition) is 3. The van der Waals surface area contributed by atoms with Crippen molar-refractivity contribution < 1.29 is 8.42 Å². The van der Waals surface area contributed by atoms with Crippen LogP contribution >= 0.6 is 11.8 Å². The number of benzene rings is 3. The van der Waals surface area contributed by atoms with Gasteiger partial charge in [0.2, 0.25) is 0 Å². The molecule has 1 N–H and O–H groups in total. The summed E-state index contributed by atoms with van der Waals surface area (Å²) in [6.45, 7) is 4.44. The van der Waals surface area contributed by atoms with Crippen molar-refractivity contribution in [1.29, 1.82) is 0 Å². The largest absolute Gasteiger partial charge is 0.280 e. The fourth-order valence-corrected chi connectivity index (χ4v) is 4.70. The van der Waals surface area contributed by atoms with E-state index in [1.54, 1.807) is 30.3 Å². The molecule has 0 saturated carbocycles. The van der Waals surface area contributed by atoms with E-state index >= 15 is 0 Å². The quantitative estimate of drug-likeness (QED) is 0.463. The summed E-state index contributed by atoms with van der Waals surface area (Å²) in [5.41, 5.74) is 4.44. The fourth-order valence-electron chi connectivity index (χ4n) is 2.91. The summed E-state index contributed by atoms with van der Waals surface area (Å²) in [7, 11) is -3.55. The molecular weight excluding hydrogens is 398 g/mol. The van der Waals surface area contributed by atoms with Crippen LogP contribution < -0.4 is 4.72 Å². The molecule has 0 spiro atoms. The molecule has 0 amide bonds. The van der Waals surface area contributed by atoms with Crippen molar-refractivity contribution in [3.8, 4) is 0 Å². The minimum atomic E-state index is -3.55. The van der Waals surface area contributed by atoms with Gasteiger partial charge in [-0.25, -0.2) is 8.42 Å². The molecule has 0 heterocycles. The SMILES string of the molecule is CC(C)SCc1ccc(CCc2ccc(NS(=O)(=O)c3ccccc3)cc2)cc1. The first-order valence-electron chi connectivity index (χ1n) is 9.78. The van der Waals surface area contributed by atoms with Crippen LogP contribution in [0.15, 0.2) is 83.8 Å². The van der Waals surface area contributed by atoms with Gasteiger partial charge in [0.25, 0.3) is 10.0 Å². The summed E-state index contributed by atoms with van der Waals surface area (Å²) in [6, 6.07) is 24.9. The van der Waals surface area contributed by atoms with E-state index in [0.717, 1.165) is 18.6 Å². The topological polar surface area (TPSA) is 46.2 Å². The zero-order chi connectivity index (χ0) is 20.7. The highest BCUT2D eigenvalue weighted by Crippen LogP contribution is 2.19. The van der Waals surface area contributed by atoms with Gasteiger partial charge in [-0.05, 0) is 59.0 Å². The van der Waals surface area contributed by atoms with Crippen molar-refractivity contribution in [1.82, 2.24) is 0 Å². The van der Waals surface area contributed by atoms with Gasteiger partial charge in [-0.3, -0.25) is 4.72 Å². The zero-order valence-electron chi connectivity index (χ0n) is 16.8. The lowest BCUT2D eigenvalue weighted by atomic mass is 10.0. The molecule has 0 aliphatic rings. The van der Waals surface area contributed by atoms with E-state index < -0.39 is 10.0 Å². The van der Waals surface area contributed by atoms with Crippen LogP contribution in [0.4, 0.5) is 5.69 Å². The van der Waals surface area contributed by atoms with Gasteiger partial charge < -0.3 is 0 Å². The highest BCUT2D eigenvalue weighted by molar-refractivity contribution is 7.99. The maximum Gasteiger partial charge on any atom is 0.261 e. The Morgan fingerprint density at radius 3 is 1.83 bits per heavy atom. The normalized spacial score (nSPS) is 11.6. The van der Waals surface area contributed by atoms with Crippen molar-refractivity contribution in [3.63, 3.8) is 0 Å². The third-order valence-electron chi connectivity index (χ3n) is 4.57. The molecule has 0 radical (unpaired) electrons. The third-order valence-corrected chi connectivity index (χ3v) is 7.13. The summed E-state index contributed by atoms with van der Waals surface area (Å²) in [6.07, 6.45) is 1.89. The highest BCUT2D eigenvalue weighted by Gasteiger charge is 2.13. The number of nitrogens with one attached hydrogen (secondary N) is 1. The molecule has 5 heteroatoms. The Morgan fingerprint density at radius 1 is 0.759 bits per heavy atom. The molecule has 0 fully saturated rings. The molecule has 0 bridgehead atoms. The van der Waals surface area contributed by atoms with Crippen molar-refractivity contribution in [2.75, 3.05) is 4.72 Å². The van der Waals surface area contributed by atoms with Gasteiger partial charge in [0.05, 0.1) is 4.90 Å². The van der Waals surface area contributed by atoms with Gasteiger partial charge >= 0.3 is 0 Å². The predicted octanol–water partition coefficient (Wildman–Crippen LogP) is 5.91. The average molecular weight is 426 g/mol. The van der Waals surface area contributed by atoms with Crippen LogP contribution in [0.25, 0.3) is 0 Å². The summed E-state index contributed by atoms with van der Waals surface area (Å²) >= 11 is 1.96. The summed E-state index contributed by atoms with van der Waals surface area (Å²) in [4.78, 5) is 0.263. The molecule has 0 unspecified atom stereocenters. The third kappa shape index (κ3) is 6.65. The molecule has 3 aromatic carbocycles. The molecule has 0 aliphatic heterocycles. The molecule has 152 valence electrons. The second kappa shape index (κ2) is 9.99. The molecule has 3 aromatic rings. The van der Waals surface area contributed by atoms with E-state index in [2.05, 4.69) is 42.8 Å². The molecule has 0 saturated heterocycles. The number of sulfonamides is 1. The minimum Gasteiger partial charge on any atom is -0.280 e. The van der Waals surface area contributed by atoms with Crippen molar-refractivity contribution >= 4 is 27.5 Å². The van der Waals surface area contributed by atoms with Crippen LogP contribution in [0, 0.1) is 0 Å². The number of aryl methyl sites for hydroxylation is 2. The number of rotatable bonds is 9. The Bertz CT molecular complexity index is 997. The first kappa shape index (κ1) is 21.5. The van der Waals surface area contributed by atoms with E-state index in [1.165, 1.54) is 16.7 Å². The highest BCUT2D eigenvalue weighted by atomic mass is 32.2. The number of thioether (sulfide) groups is 1. The number of anilines is 1. The Morgan fingerprint density at radius 2 is 1.28 bits per heavy atom. The second-order valence-electron chi connectivity index (χ2n) is 7.29. The molecule has 0 atom stereocenters. The Labute approximate surface area is 178 Å². The second-order valence-corrected chi connectivity index (χ2v) is 10.5. The first-order chi connectivity index (χ1) is 13.9. The smallest absolute Gasteiger partial charge is 0.261 e. The van der Waals surface area contributed by atoms with E-state index in [-0.39, 0.29) is 4.90 Å². The molecular formula is C24H27NO2S2. The maximum atomic E-state index is 12.4. The predicted molar refractivity (Wildman–Crippen MR) is 124 cm³/mol. The molecule has 3 rings (SSSR count). The molecule has 3 nitrogen and oxygen atoms in total. The van der Waals surface area contributed by atoms with E-state index in [0.29, 0.717) is 10.9 Å². The lowest BCUT2D eigenvalue weighted by molar-refractivity contribution is 0.601. The summed E-state index contributed by atoms with van der Waals surface area (Å²) < 4.78 is 27.4. The van der Waals surface area contributed by atoms with Crippen LogP contribution in [0.1, 0.15) is 30.5 Å². The van der Waals surface area contributed by atoms with Gasteiger partial charge in [-0.2, -0.15) is 11.8 Å². The summed E-state index contributed by atoms with van der Waals surface area (Å²) in [5, 5.41) is 0.648. The average Bonchev–Trinajstić information content (AvgIpc) is 2.73. The van der Waals surface area contributed by atoms with Gasteiger partial charge in [-0.15, -0.1) is 0 Å².